The van der Waals surface area contributed by atoms with Gasteiger partial charge >= 0.3 is 0 Å². The number of nitrogens with one attached hydrogen (secondary N) is 1. The predicted molar refractivity (Wildman–Crippen MR) is 101 cm³/mol. The van der Waals surface area contributed by atoms with Gasteiger partial charge in [-0.3, -0.25) is 9.59 Å². The molecule has 3 atom stereocenters. The molecule has 3 unspecified atom stereocenters. The zero-order valence-corrected chi connectivity index (χ0v) is 16.4. The molecule has 1 aromatic rings. The van der Waals surface area contributed by atoms with Crippen LogP contribution in [-0.2, 0) is 19.4 Å². The van der Waals surface area contributed by atoms with Crippen LogP contribution in [-0.4, -0.2) is 49.2 Å². The van der Waals surface area contributed by atoms with Gasteiger partial charge in [0, 0.05) is 23.3 Å². The number of nitrogens with zero attached hydrogens (tertiary/aromatic N) is 1. The zero-order chi connectivity index (χ0) is 19.1. The van der Waals surface area contributed by atoms with Crippen LogP contribution in [0.2, 0.25) is 5.02 Å². The summed E-state index contributed by atoms with van der Waals surface area (Å²) in [5.41, 5.74) is 1.55. The van der Waals surface area contributed by atoms with Crippen LogP contribution in [0.5, 0.6) is 0 Å². The molecule has 3 rings (SSSR count). The highest BCUT2D eigenvalue weighted by Gasteiger charge is 2.50. The summed E-state index contributed by atoms with van der Waals surface area (Å²) in [4.78, 5) is 26.9. The maximum absolute atomic E-state index is 12.8. The first-order chi connectivity index (χ1) is 12.2. The lowest BCUT2D eigenvalue weighted by atomic mass is 10.1. The van der Waals surface area contributed by atoms with Gasteiger partial charge in [-0.15, -0.1) is 0 Å². The topological polar surface area (TPSA) is 83.6 Å². The molecule has 0 radical (unpaired) electrons. The largest absolute Gasteiger partial charge is 0.339 e. The van der Waals surface area contributed by atoms with E-state index < -0.39 is 9.84 Å². The summed E-state index contributed by atoms with van der Waals surface area (Å²) >= 11 is 5.97. The second-order valence-corrected chi connectivity index (χ2v) is 9.74. The number of sulfone groups is 1. The second kappa shape index (κ2) is 7.19. The van der Waals surface area contributed by atoms with Gasteiger partial charge in [0.15, 0.2) is 9.84 Å². The highest BCUT2D eigenvalue weighted by atomic mass is 35.5. The van der Waals surface area contributed by atoms with Crippen molar-refractivity contribution in [2.24, 2.45) is 11.8 Å². The smallest absolute Gasteiger partial charge is 0.228 e. The molecule has 0 bridgehead atoms. The van der Waals surface area contributed by atoms with Crippen molar-refractivity contribution < 1.29 is 18.0 Å². The minimum atomic E-state index is -3.05. The highest BCUT2D eigenvalue weighted by molar-refractivity contribution is 7.91. The Morgan fingerprint density at radius 1 is 1.31 bits per heavy atom. The standard InChI is InChI=1S/C18H23ClN2O4S/c1-3-21(13-6-7-26(24,25)10-13)18(23)15-9-14(15)17(22)20-16-8-12(19)5-4-11(16)2/h4-5,8,13-15H,3,6-7,9-10H2,1-2H3,(H,20,22). The van der Waals surface area contributed by atoms with E-state index in [0.29, 0.717) is 30.1 Å². The van der Waals surface area contributed by atoms with Crippen LogP contribution in [0.4, 0.5) is 5.69 Å². The molecule has 1 saturated carbocycles. The Bertz CT molecular complexity index is 840. The molecule has 8 heteroatoms. The number of halogens is 1. The van der Waals surface area contributed by atoms with E-state index in [1.165, 1.54) is 0 Å². The Balaban J connectivity index is 1.62. The lowest BCUT2D eigenvalue weighted by Gasteiger charge is -2.27. The summed E-state index contributed by atoms with van der Waals surface area (Å²) in [6.07, 6.45) is 0.980. The Kier molecular flexibility index (Phi) is 5.30. The quantitative estimate of drug-likeness (QED) is 0.824. The van der Waals surface area contributed by atoms with E-state index in [4.69, 9.17) is 11.6 Å². The number of amides is 2. The minimum Gasteiger partial charge on any atom is -0.339 e. The summed E-state index contributed by atoms with van der Waals surface area (Å²) in [5.74, 6) is -0.880. The van der Waals surface area contributed by atoms with E-state index in [2.05, 4.69) is 5.32 Å². The molecular weight excluding hydrogens is 376 g/mol. The van der Waals surface area contributed by atoms with Crippen LogP contribution in [0.15, 0.2) is 18.2 Å². The Morgan fingerprint density at radius 2 is 2.04 bits per heavy atom. The normalized spacial score (nSPS) is 26.3. The van der Waals surface area contributed by atoms with Crippen molar-refractivity contribution in [3.63, 3.8) is 0 Å². The Hall–Kier alpha value is -1.60. The molecule has 6 nitrogen and oxygen atoms in total. The van der Waals surface area contributed by atoms with Crippen LogP contribution in [0.3, 0.4) is 0 Å². The molecule has 26 heavy (non-hydrogen) atoms. The van der Waals surface area contributed by atoms with Crippen molar-refractivity contribution in [2.45, 2.75) is 32.7 Å². The van der Waals surface area contributed by atoms with E-state index in [0.717, 1.165) is 5.56 Å². The third kappa shape index (κ3) is 4.04. The molecular formula is C18H23ClN2O4S. The summed E-state index contributed by atoms with van der Waals surface area (Å²) in [5, 5.41) is 3.38. The summed E-state index contributed by atoms with van der Waals surface area (Å²) in [7, 11) is -3.05. The molecule has 2 aliphatic rings. The number of benzene rings is 1. The van der Waals surface area contributed by atoms with Crippen LogP contribution in [0.1, 0.15) is 25.3 Å². The molecule has 2 amide bonds. The lowest BCUT2D eigenvalue weighted by Crippen LogP contribution is -2.42. The Morgan fingerprint density at radius 3 is 2.65 bits per heavy atom. The maximum atomic E-state index is 12.8. The second-order valence-electron chi connectivity index (χ2n) is 7.08. The first kappa shape index (κ1) is 19.2. The molecule has 0 aromatic heterocycles. The van der Waals surface area contributed by atoms with E-state index in [9.17, 15) is 18.0 Å². The van der Waals surface area contributed by atoms with Crippen molar-refractivity contribution in [1.29, 1.82) is 0 Å². The number of hydrogen-bond donors (Lipinski definition) is 1. The number of hydrogen-bond acceptors (Lipinski definition) is 4. The van der Waals surface area contributed by atoms with E-state index >= 15 is 0 Å². The van der Waals surface area contributed by atoms with Gasteiger partial charge in [-0.2, -0.15) is 0 Å². The molecule has 2 fully saturated rings. The minimum absolute atomic E-state index is 0.0257. The van der Waals surface area contributed by atoms with Crippen LogP contribution < -0.4 is 5.32 Å². The molecule has 1 heterocycles. The SMILES string of the molecule is CCN(C(=O)C1CC1C(=O)Nc1cc(Cl)ccc1C)C1CCS(=O)(=O)C1. The molecule has 1 saturated heterocycles. The van der Waals surface area contributed by atoms with Crippen LogP contribution >= 0.6 is 11.6 Å². The molecule has 1 aliphatic heterocycles. The predicted octanol–water partition coefficient (Wildman–Crippen LogP) is 2.26. The number of carbonyl (C=O) groups excluding carboxylic acids is 2. The van der Waals surface area contributed by atoms with Crippen LogP contribution in [0, 0.1) is 18.8 Å². The van der Waals surface area contributed by atoms with Crippen molar-refractivity contribution in [2.75, 3.05) is 23.4 Å². The van der Waals surface area contributed by atoms with Gasteiger partial charge in [0.05, 0.1) is 23.3 Å². The Labute approximate surface area is 158 Å². The van der Waals surface area contributed by atoms with Gasteiger partial charge in [0.2, 0.25) is 11.8 Å². The third-order valence-corrected chi connectivity index (χ3v) is 7.16. The molecule has 1 aromatic carbocycles. The third-order valence-electron chi connectivity index (χ3n) is 5.17. The summed E-state index contributed by atoms with van der Waals surface area (Å²) in [6.45, 7) is 4.17. The fourth-order valence-corrected chi connectivity index (χ4v) is 5.44. The maximum Gasteiger partial charge on any atom is 0.228 e. The molecule has 1 aliphatic carbocycles. The van der Waals surface area contributed by atoms with Gasteiger partial charge < -0.3 is 10.2 Å². The number of rotatable bonds is 5. The van der Waals surface area contributed by atoms with Crippen molar-refractivity contribution in [1.82, 2.24) is 4.90 Å². The molecule has 1 N–H and O–H groups in total. The highest BCUT2D eigenvalue weighted by Crippen LogP contribution is 2.42. The van der Waals surface area contributed by atoms with Gasteiger partial charge in [-0.25, -0.2) is 8.42 Å². The number of carbonyl (C=O) groups is 2. The van der Waals surface area contributed by atoms with Gasteiger partial charge in [0.25, 0.3) is 0 Å². The average molecular weight is 399 g/mol. The summed E-state index contributed by atoms with van der Waals surface area (Å²) < 4.78 is 23.4. The van der Waals surface area contributed by atoms with E-state index in [-0.39, 0.29) is 41.2 Å². The monoisotopic (exact) mass is 398 g/mol. The van der Waals surface area contributed by atoms with Crippen molar-refractivity contribution in [3.05, 3.63) is 28.8 Å². The fourth-order valence-electron chi connectivity index (χ4n) is 3.54. The van der Waals surface area contributed by atoms with E-state index in [1.807, 2.05) is 19.9 Å². The first-order valence-corrected chi connectivity index (χ1v) is 11.0. The van der Waals surface area contributed by atoms with Crippen molar-refractivity contribution >= 4 is 38.9 Å². The van der Waals surface area contributed by atoms with Crippen LogP contribution in [0.25, 0.3) is 0 Å². The lowest BCUT2D eigenvalue weighted by molar-refractivity contribution is -0.135. The summed E-state index contributed by atoms with van der Waals surface area (Å²) in [6, 6.07) is 5.00. The van der Waals surface area contributed by atoms with Gasteiger partial charge in [0.1, 0.15) is 0 Å². The first-order valence-electron chi connectivity index (χ1n) is 8.79. The van der Waals surface area contributed by atoms with Gasteiger partial charge in [-0.1, -0.05) is 17.7 Å². The molecule has 142 valence electrons. The van der Waals surface area contributed by atoms with E-state index in [1.54, 1.807) is 17.0 Å². The molecule has 0 spiro atoms. The zero-order valence-electron chi connectivity index (χ0n) is 14.9. The average Bonchev–Trinajstić information content (AvgIpc) is 3.30. The van der Waals surface area contributed by atoms with Gasteiger partial charge in [-0.05, 0) is 44.4 Å². The van der Waals surface area contributed by atoms with Crippen molar-refractivity contribution in [3.8, 4) is 0 Å². The number of aryl methyl sites for hydroxylation is 1. The number of anilines is 1. The fraction of sp³-hybridized carbons (Fsp3) is 0.556.